The predicted molar refractivity (Wildman–Crippen MR) is 69.2 cm³/mol. The van der Waals surface area contributed by atoms with Gasteiger partial charge in [-0.25, -0.2) is 0 Å². The molecule has 1 amide bonds. The third-order valence-corrected chi connectivity index (χ3v) is 2.63. The van der Waals surface area contributed by atoms with Crippen LogP contribution in [0.1, 0.15) is 50.8 Å². The molecule has 0 spiro atoms. The molecule has 0 radical (unpaired) electrons. The molecule has 0 bridgehead atoms. The van der Waals surface area contributed by atoms with Crippen LogP contribution in [0.15, 0.2) is 6.07 Å². The van der Waals surface area contributed by atoms with Crippen molar-refractivity contribution < 1.29 is 18.0 Å². The largest absolute Gasteiger partial charge is 0.432 e. The second-order valence-electron chi connectivity index (χ2n) is 6.25. The molecule has 1 heterocycles. The van der Waals surface area contributed by atoms with Crippen molar-refractivity contribution in [1.29, 1.82) is 0 Å². The van der Waals surface area contributed by atoms with Gasteiger partial charge < -0.3 is 4.90 Å². The van der Waals surface area contributed by atoms with E-state index < -0.39 is 17.8 Å². The highest BCUT2D eigenvalue weighted by molar-refractivity contribution is 5.92. The smallest absolute Gasteiger partial charge is 0.334 e. The number of alkyl halides is 3. The Hall–Kier alpha value is -1.53. The Kier molecular flexibility index (Phi) is 4.51. The molecule has 0 saturated carbocycles. The van der Waals surface area contributed by atoms with Crippen molar-refractivity contribution in [3.05, 3.63) is 17.5 Å². The van der Waals surface area contributed by atoms with Crippen LogP contribution >= 0.6 is 0 Å². The van der Waals surface area contributed by atoms with Gasteiger partial charge in [-0.3, -0.25) is 9.89 Å². The number of nitrogens with zero attached hydrogens (tertiary/aromatic N) is 2. The molecular formula is C13H20F3N3O. The van der Waals surface area contributed by atoms with Gasteiger partial charge in [0.25, 0.3) is 5.91 Å². The molecule has 1 aromatic heterocycles. The molecule has 0 saturated heterocycles. The van der Waals surface area contributed by atoms with Crippen LogP contribution in [-0.4, -0.2) is 33.6 Å². The zero-order chi connectivity index (χ0) is 15.7. The summed E-state index contributed by atoms with van der Waals surface area (Å²) in [6.45, 7) is 9.96. The number of hydrogen-bond acceptors (Lipinski definition) is 2. The number of rotatable bonds is 3. The molecule has 1 N–H and O–H groups in total. The molecule has 1 rings (SSSR count). The summed E-state index contributed by atoms with van der Waals surface area (Å²) >= 11 is 0. The van der Waals surface area contributed by atoms with Crippen LogP contribution < -0.4 is 0 Å². The van der Waals surface area contributed by atoms with Crippen molar-refractivity contribution in [2.75, 3.05) is 6.54 Å². The average molecular weight is 291 g/mol. The van der Waals surface area contributed by atoms with Gasteiger partial charge in [-0.15, -0.1) is 0 Å². The Balaban J connectivity index is 2.99. The summed E-state index contributed by atoms with van der Waals surface area (Å²) in [6, 6.07) is 0.633. The minimum absolute atomic E-state index is 0.118. The van der Waals surface area contributed by atoms with E-state index in [0.717, 1.165) is 6.07 Å². The quantitative estimate of drug-likeness (QED) is 0.928. The highest BCUT2D eigenvalue weighted by atomic mass is 19.4. The third kappa shape index (κ3) is 4.25. The lowest BCUT2D eigenvalue weighted by atomic mass is 9.95. The van der Waals surface area contributed by atoms with Crippen LogP contribution in [0.4, 0.5) is 13.2 Å². The second-order valence-corrected chi connectivity index (χ2v) is 6.25. The summed E-state index contributed by atoms with van der Waals surface area (Å²) in [6.07, 6.45) is -4.53. The zero-order valence-electron chi connectivity index (χ0n) is 12.3. The van der Waals surface area contributed by atoms with Gasteiger partial charge in [0, 0.05) is 18.7 Å². The number of aromatic amines is 1. The van der Waals surface area contributed by atoms with E-state index >= 15 is 0 Å². The minimum Gasteiger partial charge on any atom is -0.334 e. The van der Waals surface area contributed by atoms with Gasteiger partial charge in [0.2, 0.25) is 0 Å². The molecule has 0 aliphatic rings. The predicted octanol–water partition coefficient (Wildman–Crippen LogP) is 3.33. The van der Waals surface area contributed by atoms with Gasteiger partial charge in [-0.1, -0.05) is 20.8 Å². The molecule has 0 fully saturated rings. The maximum atomic E-state index is 12.5. The van der Waals surface area contributed by atoms with Crippen molar-refractivity contribution in [1.82, 2.24) is 15.1 Å². The van der Waals surface area contributed by atoms with E-state index in [0.29, 0.717) is 6.54 Å². The molecule has 114 valence electrons. The molecule has 0 aliphatic carbocycles. The lowest BCUT2D eigenvalue weighted by Gasteiger charge is -2.32. The lowest BCUT2D eigenvalue weighted by Crippen LogP contribution is -2.42. The van der Waals surface area contributed by atoms with E-state index in [1.165, 1.54) is 4.90 Å². The SMILES string of the molecule is CC(C)N(CC(C)(C)C)C(=O)c1cc(C(F)(F)F)[nH]n1. The van der Waals surface area contributed by atoms with Crippen molar-refractivity contribution >= 4 is 5.91 Å². The molecule has 4 nitrogen and oxygen atoms in total. The number of H-pyrrole nitrogens is 1. The van der Waals surface area contributed by atoms with E-state index in [9.17, 15) is 18.0 Å². The van der Waals surface area contributed by atoms with Crippen LogP contribution in [0.5, 0.6) is 0 Å². The van der Waals surface area contributed by atoms with Crippen LogP contribution in [0, 0.1) is 5.41 Å². The summed E-state index contributed by atoms with van der Waals surface area (Å²) in [5.41, 5.74) is -1.38. The summed E-state index contributed by atoms with van der Waals surface area (Å²) < 4.78 is 37.5. The van der Waals surface area contributed by atoms with Gasteiger partial charge in [0.15, 0.2) is 5.69 Å². The first kappa shape index (κ1) is 16.5. The highest BCUT2D eigenvalue weighted by Crippen LogP contribution is 2.28. The van der Waals surface area contributed by atoms with Crippen LogP contribution in [0.2, 0.25) is 0 Å². The molecule has 7 heteroatoms. The molecule has 0 unspecified atom stereocenters. The fourth-order valence-corrected chi connectivity index (χ4v) is 1.72. The van der Waals surface area contributed by atoms with E-state index in [4.69, 9.17) is 0 Å². The number of carbonyl (C=O) groups is 1. The molecule has 1 aromatic rings. The standard InChI is InChI=1S/C13H20F3N3O/c1-8(2)19(7-12(3,4)5)11(20)9-6-10(18-17-9)13(14,15)16/h6,8H,7H2,1-5H3,(H,17,18). The summed E-state index contributed by atoms with van der Waals surface area (Å²) in [5, 5.41) is 5.34. The van der Waals surface area contributed by atoms with Gasteiger partial charge in [0.05, 0.1) is 0 Å². The summed E-state index contributed by atoms with van der Waals surface area (Å²) in [4.78, 5) is 13.8. The average Bonchev–Trinajstić information content (AvgIpc) is 2.72. The third-order valence-electron chi connectivity index (χ3n) is 2.63. The maximum absolute atomic E-state index is 12.5. The number of hydrogen-bond donors (Lipinski definition) is 1. The Bertz CT molecular complexity index is 472. The van der Waals surface area contributed by atoms with E-state index in [2.05, 4.69) is 5.10 Å². The number of halogens is 3. The monoisotopic (exact) mass is 291 g/mol. The second kappa shape index (κ2) is 5.46. The van der Waals surface area contributed by atoms with E-state index in [1.807, 2.05) is 39.7 Å². The summed E-state index contributed by atoms with van der Waals surface area (Å²) in [5.74, 6) is -0.498. The Morgan fingerprint density at radius 3 is 2.25 bits per heavy atom. The fraction of sp³-hybridized carbons (Fsp3) is 0.692. The van der Waals surface area contributed by atoms with Gasteiger partial charge in [-0.2, -0.15) is 18.3 Å². The Morgan fingerprint density at radius 1 is 1.35 bits per heavy atom. The van der Waals surface area contributed by atoms with Gasteiger partial charge in [-0.05, 0) is 19.3 Å². The normalized spacial score (nSPS) is 12.8. The number of amides is 1. The van der Waals surface area contributed by atoms with Gasteiger partial charge >= 0.3 is 6.18 Å². The molecule has 0 aromatic carbocycles. The molecule has 0 atom stereocenters. The number of nitrogens with one attached hydrogen (secondary N) is 1. The van der Waals surface area contributed by atoms with Crippen molar-refractivity contribution in [3.8, 4) is 0 Å². The number of carbonyl (C=O) groups excluding carboxylic acids is 1. The van der Waals surface area contributed by atoms with Crippen molar-refractivity contribution in [2.24, 2.45) is 5.41 Å². The summed E-state index contributed by atoms with van der Waals surface area (Å²) in [7, 11) is 0. The van der Waals surface area contributed by atoms with E-state index in [1.54, 1.807) is 0 Å². The van der Waals surface area contributed by atoms with Crippen LogP contribution in [-0.2, 0) is 6.18 Å². The first-order chi connectivity index (χ1) is 8.92. The van der Waals surface area contributed by atoms with Crippen molar-refractivity contribution in [2.45, 2.75) is 46.8 Å². The van der Waals surface area contributed by atoms with Gasteiger partial charge in [0.1, 0.15) is 5.69 Å². The van der Waals surface area contributed by atoms with Crippen LogP contribution in [0.3, 0.4) is 0 Å². The zero-order valence-corrected chi connectivity index (χ0v) is 12.3. The highest BCUT2D eigenvalue weighted by Gasteiger charge is 2.35. The Morgan fingerprint density at radius 2 is 1.90 bits per heavy atom. The molecule has 0 aliphatic heterocycles. The minimum atomic E-state index is -4.53. The lowest BCUT2D eigenvalue weighted by molar-refractivity contribution is -0.141. The topological polar surface area (TPSA) is 49.0 Å². The first-order valence-corrected chi connectivity index (χ1v) is 6.35. The molecular weight excluding hydrogens is 271 g/mol. The van der Waals surface area contributed by atoms with E-state index in [-0.39, 0.29) is 17.2 Å². The van der Waals surface area contributed by atoms with Crippen LogP contribution in [0.25, 0.3) is 0 Å². The van der Waals surface area contributed by atoms with Crippen molar-refractivity contribution in [3.63, 3.8) is 0 Å². The molecule has 20 heavy (non-hydrogen) atoms. The Labute approximate surface area is 116 Å². The maximum Gasteiger partial charge on any atom is 0.432 e. The fourth-order valence-electron chi connectivity index (χ4n) is 1.72. The first-order valence-electron chi connectivity index (χ1n) is 6.35. The number of aromatic nitrogens is 2.